The molecule has 3 fully saturated rings. The van der Waals surface area contributed by atoms with Crippen LogP contribution in [0.5, 0.6) is 0 Å². The number of aliphatic hydroxyl groups is 1. The zero-order valence-electron chi connectivity index (χ0n) is 10.4. The van der Waals surface area contributed by atoms with Crippen LogP contribution in [0.3, 0.4) is 0 Å². The summed E-state index contributed by atoms with van der Waals surface area (Å²) in [5.41, 5.74) is 0.445. The molecule has 2 heterocycles. The van der Waals surface area contributed by atoms with Crippen molar-refractivity contribution in [1.82, 2.24) is 9.88 Å². The van der Waals surface area contributed by atoms with E-state index in [1.807, 2.05) is 4.90 Å². The van der Waals surface area contributed by atoms with Gasteiger partial charge < -0.3 is 10.0 Å². The number of aromatic nitrogens is 1. The number of halogens is 1. The molecule has 1 aliphatic heterocycles. The zero-order chi connectivity index (χ0) is 13.1. The summed E-state index contributed by atoms with van der Waals surface area (Å²) in [6.07, 6.45) is 4.87. The minimum atomic E-state index is -0.358. The molecule has 0 radical (unpaired) electrons. The molecule has 1 aromatic heterocycles. The Morgan fingerprint density at radius 2 is 2.26 bits per heavy atom. The lowest BCUT2D eigenvalue weighted by Gasteiger charge is -2.29. The highest BCUT2D eigenvalue weighted by atomic mass is 35.5. The topological polar surface area (TPSA) is 53.4 Å². The number of rotatable bonds is 1. The quantitative estimate of drug-likeness (QED) is 0.848. The molecule has 100 valence electrons. The summed E-state index contributed by atoms with van der Waals surface area (Å²) >= 11 is 6.07. The van der Waals surface area contributed by atoms with Gasteiger partial charge in [0.05, 0.1) is 22.7 Å². The Kier molecular flexibility index (Phi) is 2.42. The molecule has 5 atom stereocenters. The van der Waals surface area contributed by atoms with Gasteiger partial charge in [0.1, 0.15) is 0 Å². The van der Waals surface area contributed by atoms with Crippen LogP contribution < -0.4 is 0 Å². The number of aliphatic hydroxyl groups excluding tert-OH is 1. The van der Waals surface area contributed by atoms with Gasteiger partial charge in [0.15, 0.2) is 0 Å². The average molecular weight is 279 g/mol. The van der Waals surface area contributed by atoms with E-state index >= 15 is 0 Å². The van der Waals surface area contributed by atoms with E-state index in [1.165, 1.54) is 6.20 Å². The molecule has 1 aromatic rings. The number of hydrogen-bond acceptors (Lipinski definition) is 3. The molecule has 4 nitrogen and oxygen atoms in total. The second kappa shape index (κ2) is 3.93. The zero-order valence-corrected chi connectivity index (χ0v) is 11.1. The lowest BCUT2D eigenvalue weighted by Crippen LogP contribution is -2.43. The molecule has 2 aliphatic carbocycles. The Balaban J connectivity index is 1.67. The van der Waals surface area contributed by atoms with Gasteiger partial charge in [0.25, 0.3) is 5.91 Å². The smallest absolute Gasteiger partial charge is 0.257 e. The standard InChI is InChI=1S/C14H15ClN2O2/c15-11-1-2-16-5-10(11)14(19)17-6-8-3-7-4-9(8)12(17)13(7)18/h1-2,5,7-9,12-13,18H,3-4,6H2. The number of carbonyl (C=O) groups excluding carboxylic acids is 1. The van der Waals surface area contributed by atoms with E-state index in [2.05, 4.69) is 4.98 Å². The van der Waals surface area contributed by atoms with E-state index in [4.69, 9.17) is 11.6 Å². The summed E-state index contributed by atoms with van der Waals surface area (Å²) in [6.45, 7) is 0.757. The third-order valence-corrected chi connectivity index (χ3v) is 5.44. The Hall–Kier alpha value is -1.13. The van der Waals surface area contributed by atoms with Gasteiger partial charge in [0, 0.05) is 18.9 Å². The molecule has 1 saturated heterocycles. The lowest BCUT2D eigenvalue weighted by atomic mass is 9.88. The highest BCUT2D eigenvalue weighted by Crippen LogP contribution is 2.55. The van der Waals surface area contributed by atoms with Crippen molar-refractivity contribution in [3.63, 3.8) is 0 Å². The van der Waals surface area contributed by atoms with Gasteiger partial charge in [-0.15, -0.1) is 0 Å². The Bertz CT molecular complexity index is 548. The molecule has 2 saturated carbocycles. The largest absolute Gasteiger partial charge is 0.391 e. The van der Waals surface area contributed by atoms with Gasteiger partial charge >= 0.3 is 0 Å². The van der Waals surface area contributed by atoms with Gasteiger partial charge in [-0.1, -0.05) is 11.6 Å². The van der Waals surface area contributed by atoms with E-state index in [1.54, 1.807) is 12.3 Å². The number of pyridine rings is 1. The van der Waals surface area contributed by atoms with Crippen LogP contribution in [-0.2, 0) is 0 Å². The maximum atomic E-state index is 12.6. The molecule has 4 rings (SSSR count). The molecule has 1 amide bonds. The molecule has 19 heavy (non-hydrogen) atoms. The van der Waals surface area contributed by atoms with Crippen molar-refractivity contribution in [1.29, 1.82) is 0 Å². The van der Waals surface area contributed by atoms with E-state index < -0.39 is 0 Å². The van der Waals surface area contributed by atoms with Crippen molar-refractivity contribution < 1.29 is 9.90 Å². The number of likely N-dealkylation sites (tertiary alicyclic amines) is 1. The summed E-state index contributed by atoms with van der Waals surface area (Å²) < 4.78 is 0. The van der Waals surface area contributed by atoms with Gasteiger partial charge in [0.2, 0.25) is 0 Å². The highest BCUT2D eigenvalue weighted by Gasteiger charge is 2.60. The van der Waals surface area contributed by atoms with E-state index in [0.29, 0.717) is 28.3 Å². The minimum absolute atomic E-state index is 0.00692. The van der Waals surface area contributed by atoms with Crippen LogP contribution in [0, 0.1) is 17.8 Å². The van der Waals surface area contributed by atoms with E-state index in [0.717, 1.165) is 19.4 Å². The number of fused-ring (bicyclic) bond motifs is 1. The lowest BCUT2D eigenvalue weighted by molar-refractivity contribution is 0.0401. The third-order valence-electron chi connectivity index (χ3n) is 5.11. The predicted octanol–water partition coefficient (Wildman–Crippen LogP) is 1.58. The van der Waals surface area contributed by atoms with Crippen LogP contribution >= 0.6 is 11.6 Å². The second-order valence-electron chi connectivity index (χ2n) is 5.95. The van der Waals surface area contributed by atoms with Crippen molar-refractivity contribution in [2.24, 2.45) is 17.8 Å². The van der Waals surface area contributed by atoms with Crippen LogP contribution in [0.15, 0.2) is 18.5 Å². The van der Waals surface area contributed by atoms with Gasteiger partial charge in [-0.3, -0.25) is 9.78 Å². The van der Waals surface area contributed by atoms with Crippen LogP contribution in [0.2, 0.25) is 5.02 Å². The first kappa shape index (κ1) is 11.7. The fourth-order valence-corrected chi connectivity index (χ4v) is 4.52. The third kappa shape index (κ3) is 1.50. The van der Waals surface area contributed by atoms with Crippen molar-refractivity contribution in [3.8, 4) is 0 Å². The summed E-state index contributed by atoms with van der Waals surface area (Å²) in [5.74, 6) is 1.36. The maximum Gasteiger partial charge on any atom is 0.257 e. The van der Waals surface area contributed by atoms with Crippen molar-refractivity contribution in [2.75, 3.05) is 6.54 Å². The molecule has 5 unspecified atom stereocenters. The molecule has 0 spiro atoms. The molecule has 5 heteroatoms. The Labute approximate surface area is 116 Å². The fourth-order valence-electron chi connectivity index (χ4n) is 4.34. The van der Waals surface area contributed by atoms with Gasteiger partial charge in [-0.05, 0) is 36.7 Å². The highest BCUT2D eigenvalue weighted by molar-refractivity contribution is 6.33. The van der Waals surface area contributed by atoms with E-state index in [9.17, 15) is 9.90 Å². The molecular formula is C14H15ClN2O2. The monoisotopic (exact) mass is 278 g/mol. The first-order valence-corrected chi connectivity index (χ1v) is 7.13. The molecule has 3 aliphatic rings. The molecule has 2 bridgehead atoms. The number of hydrogen-bond donors (Lipinski definition) is 1. The van der Waals surface area contributed by atoms with Gasteiger partial charge in [-0.2, -0.15) is 0 Å². The van der Waals surface area contributed by atoms with E-state index in [-0.39, 0.29) is 18.1 Å². The summed E-state index contributed by atoms with van der Waals surface area (Å²) in [4.78, 5) is 18.4. The van der Waals surface area contributed by atoms with Crippen molar-refractivity contribution in [3.05, 3.63) is 29.0 Å². The summed E-state index contributed by atoms with van der Waals surface area (Å²) in [6, 6.07) is 1.63. The minimum Gasteiger partial charge on any atom is -0.391 e. The second-order valence-corrected chi connectivity index (χ2v) is 6.36. The Morgan fingerprint density at radius 1 is 1.42 bits per heavy atom. The summed E-state index contributed by atoms with van der Waals surface area (Å²) in [7, 11) is 0. The first-order valence-electron chi connectivity index (χ1n) is 6.75. The fraction of sp³-hybridized carbons (Fsp3) is 0.571. The molecule has 1 N–H and O–H groups in total. The Morgan fingerprint density at radius 3 is 3.00 bits per heavy atom. The number of nitrogens with zero attached hydrogens (tertiary/aromatic N) is 2. The number of carbonyl (C=O) groups is 1. The summed E-state index contributed by atoms with van der Waals surface area (Å²) in [5, 5.41) is 10.7. The first-order chi connectivity index (χ1) is 9.16. The van der Waals surface area contributed by atoms with Crippen molar-refractivity contribution >= 4 is 17.5 Å². The van der Waals surface area contributed by atoms with Crippen LogP contribution in [0.1, 0.15) is 23.2 Å². The molecular weight excluding hydrogens is 264 g/mol. The number of amides is 1. The molecule has 0 aromatic carbocycles. The predicted molar refractivity (Wildman–Crippen MR) is 69.8 cm³/mol. The maximum absolute atomic E-state index is 12.6. The van der Waals surface area contributed by atoms with Crippen molar-refractivity contribution in [2.45, 2.75) is 25.0 Å². The SMILES string of the molecule is O=C(c1cnccc1Cl)N1CC2CC3CC2C1C3O. The average Bonchev–Trinajstić information content (AvgIpc) is 2.99. The van der Waals surface area contributed by atoms with Crippen LogP contribution in [0.4, 0.5) is 0 Å². The van der Waals surface area contributed by atoms with Crippen LogP contribution in [0.25, 0.3) is 0 Å². The van der Waals surface area contributed by atoms with Crippen LogP contribution in [-0.4, -0.2) is 39.6 Å². The van der Waals surface area contributed by atoms with Gasteiger partial charge in [-0.25, -0.2) is 0 Å². The normalized spacial score (nSPS) is 39.1.